The maximum atomic E-state index is 12.6. The average molecular weight is 458 g/mol. The van der Waals surface area contributed by atoms with E-state index in [4.69, 9.17) is 4.74 Å². The van der Waals surface area contributed by atoms with E-state index in [0.29, 0.717) is 6.42 Å². The van der Waals surface area contributed by atoms with E-state index >= 15 is 0 Å². The van der Waals surface area contributed by atoms with E-state index in [1.807, 2.05) is 18.2 Å². The smallest absolute Gasteiger partial charge is 0.306 e. The van der Waals surface area contributed by atoms with Crippen LogP contribution in [0.1, 0.15) is 134 Å². The van der Waals surface area contributed by atoms with Crippen molar-refractivity contribution in [3.8, 4) is 0 Å². The minimum Gasteiger partial charge on any atom is -0.454 e. The monoisotopic (exact) mass is 457 g/mol. The van der Waals surface area contributed by atoms with Crippen molar-refractivity contribution in [3.63, 3.8) is 0 Å². The lowest BCUT2D eigenvalue weighted by Crippen LogP contribution is -2.43. The van der Waals surface area contributed by atoms with Gasteiger partial charge in [0.05, 0.1) is 0 Å². The number of carbonyl (C=O) groups excluding carboxylic acids is 1. The zero-order valence-corrected chi connectivity index (χ0v) is 21.6. The summed E-state index contributed by atoms with van der Waals surface area (Å²) in [6, 6.07) is 10.3. The average Bonchev–Trinajstić information content (AvgIpc) is 2.85. The summed E-state index contributed by atoms with van der Waals surface area (Å²) in [6.07, 6.45) is 23.9. The number of unbranched alkanes of at least 4 members (excludes halogenated alkanes) is 15. The Labute approximate surface area is 204 Å². The van der Waals surface area contributed by atoms with Gasteiger partial charge in [-0.25, -0.2) is 0 Å². The third-order valence-corrected chi connectivity index (χ3v) is 7.25. The van der Waals surface area contributed by atoms with Crippen LogP contribution >= 0.6 is 0 Å². The number of hydrogen-bond donors (Lipinski definition) is 1. The molecule has 188 valence electrons. The molecule has 1 fully saturated rings. The quantitative estimate of drug-likeness (QED) is 0.167. The molecule has 2 rings (SSSR count). The molecule has 0 unspecified atom stereocenters. The van der Waals surface area contributed by atoms with Crippen molar-refractivity contribution in [2.45, 2.75) is 135 Å². The molecule has 1 N–H and O–H groups in total. The van der Waals surface area contributed by atoms with Gasteiger partial charge in [-0.05, 0) is 25.1 Å². The molecule has 0 aliphatic carbocycles. The lowest BCUT2D eigenvalue weighted by molar-refractivity contribution is -0.164. The Morgan fingerprint density at radius 3 is 1.67 bits per heavy atom. The highest BCUT2D eigenvalue weighted by atomic mass is 16.6. The van der Waals surface area contributed by atoms with E-state index in [9.17, 15) is 4.79 Å². The lowest BCUT2D eigenvalue weighted by Gasteiger charge is -2.37. The van der Waals surface area contributed by atoms with Crippen molar-refractivity contribution in [1.29, 1.82) is 0 Å². The van der Waals surface area contributed by atoms with Gasteiger partial charge in [0.2, 0.25) is 0 Å². The number of nitrogens with one attached hydrogen (secondary N) is 1. The number of carbonyl (C=O) groups is 1. The molecule has 0 bridgehead atoms. The van der Waals surface area contributed by atoms with E-state index < -0.39 is 5.60 Å². The highest BCUT2D eigenvalue weighted by molar-refractivity contribution is 5.70. The zero-order chi connectivity index (χ0) is 23.5. The van der Waals surface area contributed by atoms with Crippen LogP contribution in [-0.4, -0.2) is 19.1 Å². The lowest BCUT2D eigenvalue weighted by atomic mass is 9.84. The fourth-order valence-corrected chi connectivity index (χ4v) is 5.11. The minimum absolute atomic E-state index is 0.0221. The van der Waals surface area contributed by atoms with E-state index in [-0.39, 0.29) is 5.97 Å². The summed E-state index contributed by atoms with van der Waals surface area (Å²) in [7, 11) is 0. The van der Waals surface area contributed by atoms with Crippen molar-refractivity contribution >= 4 is 5.97 Å². The molecule has 0 amide bonds. The van der Waals surface area contributed by atoms with Crippen LogP contribution in [-0.2, 0) is 15.1 Å². The van der Waals surface area contributed by atoms with E-state index in [1.165, 1.54) is 89.9 Å². The molecule has 3 heteroatoms. The van der Waals surface area contributed by atoms with E-state index in [1.54, 1.807) is 0 Å². The number of rotatable bonds is 19. The number of benzene rings is 1. The summed E-state index contributed by atoms with van der Waals surface area (Å²) in [6.45, 7) is 4.09. The number of hydrogen-bond acceptors (Lipinski definition) is 3. The normalized spacial score (nSPS) is 15.4. The van der Waals surface area contributed by atoms with Crippen LogP contribution in [0.4, 0.5) is 0 Å². The first kappa shape index (κ1) is 27.9. The Balaban J connectivity index is 1.44. The van der Waals surface area contributed by atoms with Gasteiger partial charge in [0.15, 0.2) is 0 Å². The zero-order valence-electron chi connectivity index (χ0n) is 21.6. The summed E-state index contributed by atoms with van der Waals surface area (Å²) in [5.74, 6) is -0.0221. The molecule has 1 aliphatic rings. The SMILES string of the molecule is CCCCCCCCCCCCCCCCCCC(=O)OC1(c2ccccc2)CCNCC1. The molecule has 0 spiro atoms. The highest BCUT2D eigenvalue weighted by Crippen LogP contribution is 2.35. The van der Waals surface area contributed by atoms with Crippen molar-refractivity contribution < 1.29 is 9.53 Å². The molecule has 0 radical (unpaired) electrons. The first-order valence-electron chi connectivity index (χ1n) is 14.2. The van der Waals surface area contributed by atoms with Crippen LogP contribution in [0.15, 0.2) is 30.3 Å². The van der Waals surface area contributed by atoms with E-state index in [2.05, 4.69) is 24.4 Å². The summed E-state index contributed by atoms with van der Waals surface area (Å²) >= 11 is 0. The molecule has 1 aromatic rings. The third-order valence-electron chi connectivity index (χ3n) is 7.25. The fraction of sp³-hybridized carbons (Fsp3) is 0.767. The summed E-state index contributed by atoms with van der Waals surface area (Å²) in [4.78, 5) is 12.6. The molecule has 0 aromatic heterocycles. The summed E-state index contributed by atoms with van der Waals surface area (Å²) < 4.78 is 6.11. The molecule has 1 saturated heterocycles. The van der Waals surface area contributed by atoms with Gasteiger partial charge in [-0.3, -0.25) is 4.79 Å². The van der Waals surface area contributed by atoms with Crippen molar-refractivity contribution in [3.05, 3.63) is 35.9 Å². The molecule has 33 heavy (non-hydrogen) atoms. The molecule has 1 heterocycles. The highest BCUT2D eigenvalue weighted by Gasteiger charge is 2.37. The maximum absolute atomic E-state index is 12.6. The van der Waals surface area contributed by atoms with Gasteiger partial charge >= 0.3 is 5.97 Å². The van der Waals surface area contributed by atoms with Crippen molar-refractivity contribution in [2.75, 3.05) is 13.1 Å². The topological polar surface area (TPSA) is 38.3 Å². The van der Waals surface area contributed by atoms with Crippen LogP contribution in [0.3, 0.4) is 0 Å². The second kappa shape index (κ2) is 18.0. The Morgan fingerprint density at radius 1 is 0.727 bits per heavy atom. The van der Waals surface area contributed by atoms with Gasteiger partial charge in [-0.1, -0.05) is 134 Å². The Bertz CT molecular complexity index is 595. The van der Waals surface area contributed by atoms with Gasteiger partial charge in [0.25, 0.3) is 0 Å². The molecular formula is C30H51NO2. The molecule has 3 nitrogen and oxygen atoms in total. The Hall–Kier alpha value is -1.35. The van der Waals surface area contributed by atoms with Crippen LogP contribution < -0.4 is 5.32 Å². The standard InChI is InChI=1S/C30H51NO2/c1-2-3-4-5-6-7-8-9-10-11-12-13-14-15-16-20-23-29(32)33-30(24-26-31-27-25-30)28-21-18-17-19-22-28/h17-19,21-22,31H,2-16,20,23-27H2,1H3. The van der Waals surface area contributed by atoms with Crippen LogP contribution in [0.5, 0.6) is 0 Å². The van der Waals surface area contributed by atoms with Crippen LogP contribution in [0.25, 0.3) is 0 Å². The fourth-order valence-electron chi connectivity index (χ4n) is 5.11. The van der Waals surface area contributed by atoms with Gasteiger partial charge < -0.3 is 10.1 Å². The predicted molar refractivity (Wildman–Crippen MR) is 140 cm³/mol. The molecular weight excluding hydrogens is 406 g/mol. The Kier molecular flexibility index (Phi) is 15.2. The largest absolute Gasteiger partial charge is 0.454 e. The van der Waals surface area contributed by atoms with Crippen molar-refractivity contribution in [2.24, 2.45) is 0 Å². The summed E-state index contributed by atoms with van der Waals surface area (Å²) in [5, 5.41) is 3.39. The molecule has 0 atom stereocenters. The molecule has 1 aliphatic heterocycles. The van der Waals surface area contributed by atoms with Crippen LogP contribution in [0, 0.1) is 0 Å². The second-order valence-corrected chi connectivity index (χ2v) is 10.1. The number of piperidine rings is 1. The van der Waals surface area contributed by atoms with Gasteiger partial charge in [0, 0.05) is 19.3 Å². The van der Waals surface area contributed by atoms with Crippen LogP contribution in [0.2, 0.25) is 0 Å². The molecule has 0 saturated carbocycles. The number of ether oxygens (including phenoxy) is 1. The summed E-state index contributed by atoms with van der Waals surface area (Å²) in [5.41, 5.74) is 0.713. The maximum Gasteiger partial charge on any atom is 0.306 e. The van der Waals surface area contributed by atoms with Gasteiger partial charge in [0.1, 0.15) is 5.60 Å². The minimum atomic E-state index is -0.432. The van der Waals surface area contributed by atoms with Gasteiger partial charge in [-0.15, -0.1) is 0 Å². The second-order valence-electron chi connectivity index (χ2n) is 10.1. The molecule has 1 aromatic carbocycles. The van der Waals surface area contributed by atoms with Crippen molar-refractivity contribution in [1.82, 2.24) is 5.32 Å². The van der Waals surface area contributed by atoms with Gasteiger partial charge in [-0.2, -0.15) is 0 Å². The first-order chi connectivity index (χ1) is 16.3. The van der Waals surface area contributed by atoms with E-state index in [0.717, 1.165) is 44.3 Å². The predicted octanol–water partition coefficient (Wildman–Crippen LogP) is 8.46. The first-order valence-corrected chi connectivity index (χ1v) is 14.2. The number of esters is 1. The Morgan fingerprint density at radius 2 is 1.18 bits per heavy atom. The third kappa shape index (κ3) is 12.1.